The number of hydrogen-bond acceptors (Lipinski definition) is 7. The predicted molar refractivity (Wildman–Crippen MR) is 157 cm³/mol. The topological polar surface area (TPSA) is 130 Å². The van der Waals surface area contributed by atoms with Crippen LogP contribution in [0.1, 0.15) is 47.2 Å². The van der Waals surface area contributed by atoms with Crippen LogP contribution in [0.4, 0.5) is 10.6 Å². The van der Waals surface area contributed by atoms with E-state index in [2.05, 4.69) is 15.6 Å². The number of nitrogens with zero attached hydrogens (tertiary/aromatic N) is 2. The zero-order valence-corrected chi connectivity index (χ0v) is 23.1. The number of amides is 2. The van der Waals surface area contributed by atoms with Crippen molar-refractivity contribution in [1.82, 2.24) is 14.9 Å². The molecule has 2 amide bonds. The van der Waals surface area contributed by atoms with Crippen molar-refractivity contribution in [2.24, 2.45) is 5.73 Å². The van der Waals surface area contributed by atoms with Crippen LogP contribution in [0.5, 0.6) is 11.5 Å². The van der Waals surface area contributed by atoms with Gasteiger partial charge in [-0.05, 0) is 80.7 Å². The highest BCUT2D eigenvalue weighted by Gasteiger charge is 2.17. The zero-order valence-electron chi connectivity index (χ0n) is 23.1. The highest BCUT2D eigenvalue weighted by Crippen LogP contribution is 2.32. The minimum atomic E-state index is -0.577. The summed E-state index contributed by atoms with van der Waals surface area (Å²) < 4.78 is 18.8. The summed E-state index contributed by atoms with van der Waals surface area (Å²) in [4.78, 5) is 29.1. The van der Waals surface area contributed by atoms with Gasteiger partial charge in [-0.1, -0.05) is 12.1 Å². The van der Waals surface area contributed by atoms with Crippen molar-refractivity contribution in [3.63, 3.8) is 0 Å². The summed E-state index contributed by atoms with van der Waals surface area (Å²) >= 11 is 0. The molecular formula is C31H35N5O5. The Labute approximate surface area is 238 Å². The number of benzene rings is 2. The number of anilines is 1. The van der Waals surface area contributed by atoms with E-state index >= 15 is 0 Å². The molecule has 1 fully saturated rings. The van der Waals surface area contributed by atoms with Gasteiger partial charge in [-0.25, -0.2) is 9.78 Å². The van der Waals surface area contributed by atoms with Crippen molar-refractivity contribution in [2.45, 2.75) is 32.3 Å². The third-order valence-electron chi connectivity index (χ3n) is 7.13. The average molecular weight is 558 g/mol. The number of rotatable bonds is 11. The van der Waals surface area contributed by atoms with Gasteiger partial charge in [-0.2, -0.15) is 0 Å². The molecule has 1 aliphatic heterocycles. The van der Waals surface area contributed by atoms with Gasteiger partial charge in [-0.15, -0.1) is 0 Å². The maximum atomic E-state index is 13.0. The molecule has 10 heteroatoms. The fourth-order valence-electron chi connectivity index (χ4n) is 4.97. The zero-order chi connectivity index (χ0) is 28.6. The average Bonchev–Trinajstić information content (AvgIpc) is 3.41. The molecule has 214 valence electrons. The molecule has 0 atom stereocenters. The van der Waals surface area contributed by atoms with Gasteiger partial charge >= 0.3 is 6.03 Å². The Morgan fingerprint density at radius 3 is 2.59 bits per heavy atom. The summed E-state index contributed by atoms with van der Waals surface area (Å²) in [6.45, 7) is 5.70. The number of nitrogens with two attached hydrogens (primary N) is 1. The van der Waals surface area contributed by atoms with E-state index in [0.29, 0.717) is 54.1 Å². The number of hydrogen-bond donors (Lipinski definition) is 3. The lowest BCUT2D eigenvalue weighted by Crippen LogP contribution is -2.26. The van der Waals surface area contributed by atoms with Crippen LogP contribution in [0.2, 0.25) is 0 Å². The number of nitrogens with one attached hydrogen (secondary N) is 2. The monoisotopic (exact) mass is 557 g/mol. The highest BCUT2D eigenvalue weighted by molar-refractivity contribution is 6.03. The van der Waals surface area contributed by atoms with E-state index in [1.54, 1.807) is 30.6 Å². The first-order valence-electron chi connectivity index (χ1n) is 13.9. The van der Waals surface area contributed by atoms with Crippen molar-refractivity contribution >= 4 is 28.7 Å². The normalized spacial score (nSPS) is 13.8. The maximum absolute atomic E-state index is 13.0. The molecule has 0 saturated carbocycles. The standard InChI is InChI=1S/C31H35N5O5/c1-2-39-15-16-40-20-25-17-27-24(10-14-36(27)31(32)38)18-28(25)41-26-9-13-34-29(19-26)35-30(37)23-5-3-21(4-6-23)22-7-11-33-12-8-22/h3-6,9-10,13-14,17-19,22,33H,2,7-8,11-12,15-16,20H2,1H3,(H2,32,38)(H,34,35,37). The third-order valence-corrected chi connectivity index (χ3v) is 7.13. The molecule has 3 heterocycles. The number of fused-ring (bicyclic) bond motifs is 1. The van der Waals surface area contributed by atoms with Crippen LogP contribution in [0.3, 0.4) is 0 Å². The first kappa shape index (κ1) is 28.3. The Hall–Kier alpha value is -4.25. The largest absolute Gasteiger partial charge is 0.457 e. The quantitative estimate of drug-likeness (QED) is 0.221. The predicted octanol–water partition coefficient (Wildman–Crippen LogP) is 5.03. The van der Waals surface area contributed by atoms with Crippen LogP contribution in [0, 0.1) is 0 Å². The molecule has 5 rings (SSSR count). The van der Waals surface area contributed by atoms with Gasteiger partial charge in [0.25, 0.3) is 5.91 Å². The van der Waals surface area contributed by atoms with Crippen molar-refractivity contribution in [2.75, 3.05) is 38.2 Å². The summed E-state index contributed by atoms with van der Waals surface area (Å²) in [7, 11) is 0. The molecular weight excluding hydrogens is 522 g/mol. The summed E-state index contributed by atoms with van der Waals surface area (Å²) in [6.07, 6.45) is 5.40. The molecule has 2 aromatic heterocycles. The van der Waals surface area contributed by atoms with E-state index in [0.717, 1.165) is 36.9 Å². The van der Waals surface area contributed by atoms with Crippen LogP contribution in [0.25, 0.3) is 10.9 Å². The number of piperidine rings is 1. The van der Waals surface area contributed by atoms with Crippen LogP contribution in [-0.4, -0.2) is 54.4 Å². The van der Waals surface area contributed by atoms with Gasteiger partial charge < -0.3 is 30.6 Å². The van der Waals surface area contributed by atoms with Crippen LogP contribution >= 0.6 is 0 Å². The molecule has 0 spiro atoms. The first-order valence-corrected chi connectivity index (χ1v) is 13.9. The molecule has 0 unspecified atom stereocenters. The molecule has 4 aromatic rings. The smallest absolute Gasteiger partial charge is 0.323 e. The van der Waals surface area contributed by atoms with Gasteiger partial charge in [-0.3, -0.25) is 9.36 Å². The Balaban J connectivity index is 1.30. The van der Waals surface area contributed by atoms with Crippen molar-refractivity contribution in [3.05, 3.63) is 83.7 Å². The summed E-state index contributed by atoms with van der Waals surface area (Å²) in [5.74, 6) is 1.68. The fourth-order valence-corrected chi connectivity index (χ4v) is 4.97. The second-order valence-electron chi connectivity index (χ2n) is 9.87. The van der Waals surface area contributed by atoms with Crippen molar-refractivity contribution in [3.8, 4) is 11.5 Å². The lowest BCUT2D eigenvalue weighted by atomic mass is 9.90. The molecule has 2 aromatic carbocycles. The number of primary amides is 1. The Morgan fingerprint density at radius 2 is 1.83 bits per heavy atom. The molecule has 4 N–H and O–H groups in total. The fraction of sp³-hybridized carbons (Fsp3) is 0.323. The molecule has 41 heavy (non-hydrogen) atoms. The summed E-state index contributed by atoms with van der Waals surface area (Å²) in [5, 5.41) is 7.03. The second-order valence-corrected chi connectivity index (χ2v) is 9.87. The highest BCUT2D eigenvalue weighted by atomic mass is 16.5. The van der Waals surface area contributed by atoms with E-state index in [4.69, 9.17) is 19.9 Å². The first-order chi connectivity index (χ1) is 20.0. The van der Waals surface area contributed by atoms with E-state index in [9.17, 15) is 9.59 Å². The Kier molecular flexibility index (Phi) is 9.25. The van der Waals surface area contributed by atoms with Gasteiger partial charge in [0.1, 0.15) is 17.3 Å². The number of carbonyl (C=O) groups excluding carboxylic acids is 2. The van der Waals surface area contributed by atoms with Gasteiger partial charge in [0.15, 0.2) is 0 Å². The lowest BCUT2D eigenvalue weighted by Gasteiger charge is -2.23. The number of carbonyl (C=O) groups is 2. The van der Waals surface area contributed by atoms with Gasteiger partial charge in [0.05, 0.1) is 25.3 Å². The number of ether oxygens (including phenoxy) is 3. The van der Waals surface area contributed by atoms with Crippen molar-refractivity contribution < 1.29 is 23.8 Å². The molecule has 0 radical (unpaired) electrons. The van der Waals surface area contributed by atoms with Gasteiger partial charge in [0.2, 0.25) is 0 Å². The Bertz CT molecular complexity index is 1490. The van der Waals surface area contributed by atoms with Crippen LogP contribution < -0.4 is 21.1 Å². The van der Waals surface area contributed by atoms with Gasteiger partial charge in [0, 0.05) is 41.6 Å². The molecule has 0 aliphatic carbocycles. The maximum Gasteiger partial charge on any atom is 0.323 e. The molecule has 1 saturated heterocycles. The van der Waals surface area contributed by atoms with Crippen molar-refractivity contribution in [1.29, 1.82) is 0 Å². The van der Waals surface area contributed by atoms with E-state index in [1.165, 1.54) is 10.1 Å². The van der Waals surface area contributed by atoms with Crippen LogP contribution in [0.15, 0.2) is 67.0 Å². The lowest BCUT2D eigenvalue weighted by molar-refractivity contribution is 0.0448. The minimum Gasteiger partial charge on any atom is -0.457 e. The van der Waals surface area contributed by atoms with E-state index in [1.807, 2.05) is 43.3 Å². The van der Waals surface area contributed by atoms with Crippen LogP contribution in [-0.2, 0) is 16.1 Å². The third kappa shape index (κ3) is 7.10. The molecule has 0 bridgehead atoms. The molecule has 10 nitrogen and oxygen atoms in total. The Morgan fingerprint density at radius 1 is 1.05 bits per heavy atom. The summed E-state index contributed by atoms with van der Waals surface area (Å²) in [5.41, 5.74) is 8.74. The van der Waals surface area contributed by atoms with E-state index in [-0.39, 0.29) is 12.5 Å². The molecule has 1 aliphatic rings. The second kappa shape index (κ2) is 13.4. The summed E-state index contributed by atoms with van der Waals surface area (Å²) in [6, 6.07) is 16.0. The number of pyridine rings is 1. The van der Waals surface area contributed by atoms with E-state index < -0.39 is 6.03 Å². The number of aromatic nitrogens is 2. The minimum absolute atomic E-state index is 0.240. The SMILES string of the molecule is CCOCCOCc1cc2c(ccn2C(N)=O)cc1Oc1ccnc(NC(=O)c2ccc(C3CCNCC3)cc2)c1.